The highest BCUT2D eigenvalue weighted by Gasteiger charge is 2.04. The first kappa shape index (κ1) is 8.92. The van der Waals surface area contributed by atoms with Gasteiger partial charge in [0.1, 0.15) is 6.23 Å². The highest BCUT2D eigenvalue weighted by atomic mass is 16.3. The molecule has 0 saturated heterocycles. The standard InChI is InChI=1S/C7H17NO/c1-4-6(2)5-7(9)8-3/h6-9H,4-5H2,1-3H3/t6-,7?/m0/s1. The molecule has 0 aromatic rings. The Morgan fingerprint density at radius 1 is 1.56 bits per heavy atom. The summed E-state index contributed by atoms with van der Waals surface area (Å²) in [7, 11) is 1.77. The fourth-order valence-electron chi connectivity index (χ4n) is 0.666. The maximum Gasteiger partial charge on any atom is 0.104 e. The van der Waals surface area contributed by atoms with E-state index in [1.54, 1.807) is 7.05 Å². The molecule has 0 spiro atoms. The van der Waals surface area contributed by atoms with Crippen LogP contribution in [0.25, 0.3) is 0 Å². The molecule has 0 aliphatic rings. The zero-order chi connectivity index (χ0) is 7.28. The Morgan fingerprint density at radius 3 is 2.44 bits per heavy atom. The molecule has 0 aromatic carbocycles. The van der Waals surface area contributed by atoms with Crippen molar-refractivity contribution < 1.29 is 5.11 Å². The van der Waals surface area contributed by atoms with E-state index < -0.39 is 0 Å². The summed E-state index contributed by atoms with van der Waals surface area (Å²) in [6.07, 6.45) is 1.67. The van der Waals surface area contributed by atoms with Crippen LogP contribution in [0, 0.1) is 5.92 Å². The van der Waals surface area contributed by atoms with E-state index >= 15 is 0 Å². The van der Waals surface area contributed by atoms with Crippen LogP contribution in [-0.2, 0) is 0 Å². The maximum absolute atomic E-state index is 9.05. The molecule has 0 amide bonds. The van der Waals surface area contributed by atoms with Crippen molar-refractivity contribution in [1.29, 1.82) is 0 Å². The molecule has 2 heteroatoms. The molecule has 0 aliphatic heterocycles. The van der Waals surface area contributed by atoms with Gasteiger partial charge in [0.15, 0.2) is 0 Å². The number of nitrogens with one attached hydrogen (secondary N) is 1. The Hall–Kier alpha value is -0.0800. The van der Waals surface area contributed by atoms with Crippen LogP contribution in [0.2, 0.25) is 0 Å². The highest BCUT2D eigenvalue weighted by Crippen LogP contribution is 2.07. The fourth-order valence-corrected chi connectivity index (χ4v) is 0.666. The molecule has 1 unspecified atom stereocenters. The van der Waals surface area contributed by atoms with Gasteiger partial charge in [0.05, 0.1) is 0 Å². The molecule has 9 heavy (non-hydrogen) atoms. The van der Waals surface area contributed by atoms with Crippen molar-refractivity contribution in [2.24, 2.45) is 5.92 Å². The summed E-state index contributed by atoms with van der Waals surface area (Å²) in [6, 6.07) is 0. The van der Waals surface area contributed by atoms with Crippen molar-refractivity contribution >= 4 is 0 Å². The summed E-state index contributed by atoms with van der Waals surface area (Å²) < 4.78 is 0. The van der Waals surface area contributed by atoms with Crippen molar-refractivity contribution in [3.05, 3.63) is 0 Å². The normalized spacial score (nSPS) is 17.3. The molecule has 2 N–H and O–H groups in total. The topological polar surface area (TPSA) is 32.3 Å². The second kappa shape index (κ2) is 4.77. The number of hydrogen-bond acceptors (Lipinski definition) is 2. The molecule has 0 rings (SSSR count). The van der Waals surface area contributed by atoms with Crippen LogP contribution in [0.1, 0.15) is 26.7 Å². The van der Waals surface area contributed by atoms with Gasteiger partial charge in [0, 0.05) is 0 Å². The van der Waals surface area contributed by atoms with Crippen molar-refractivity contribution in [3.8, 4) is 0 Å². The molecule has 0 fully saturated rings. The van der Waals surface area contributed by atoms with Crippen LogP contribution in [0.5, 0.6) is 0 Å². The fraction of sp³-hybridized carbons (Fsp3) is 1.00. The van der Waals surface area contributed by atoms with Gasteiger partial charge in [-0.25, -0.2) is 0 Å². The predicted molar refractivity (Wildman–Crippen MR) is 39.1 cm³/mol. The zero-order valence-electron chi connectivity index (χ0n) is 6.52. The molecule has 0 heterocycles. The third-order valence-electron chi connectivity index (χ3n) is 1.66. The Morgan fingerprint density at radius 2 is 2.11 bits per heavy atom. The number of rotatable bonds is 4. The van der Waals surface area contributed by atoms with Gasteiger partial charge in [-0.3, -0.25) is 5.32 Å². The van der Waals surface area contributed by atoms with Gasteiger partial charge in [-0.2, -0.15) is 0 Å². The molecule has 0 radical (unpaired) electrons. The first-order chi connectivity index (χ1) is 4.20. The van der Waals surface area contributed by atoms with Crippen LogP contribution in [0.4, 0.5) is 0 Å². The summed E-state index contributed by atoms with van der Waals surface area (Å²) in [4.78, 5) is 0. The smallest absolute Gasteiger partial charge is 0.104 e. The maximum atomic E-state index is 9.05. The van der Waals surface area contributed by atoms with Gasteiger partial charge >= 0.3 is 0 Å². The van der Waals surface area contributed by atoms with Crippen LogP contribution < -0.4 is 5.32 Å². The zero-order valence-corrected chi connectivity index (χ0v) is 6.52. The number of aliphatic hydroxyl groups excluding tert-OH is 1. The predicted octanol–water partition coefficient (Wildman–Crippen LogP) is 0.960. The van der Waals surface area contributed by atoms with E-state index in [1.165, 1.54) is 0 Å². The van der Waals surface area contributed by atoms with Crippen LogP contribution >= 0.6 is 0 Å². The second-order valence-corrected chi connectivity index (χ2v) is 2.55. The Balaban J connectivity index is 3.22. The highest BCUT2D eigenvalue weighted by molar-refractivity contribution is 4.55. The van der Waals surface area contributed by atoms with Crippen LogP contribution in [0.15, 0.2) is 0 Å². The molecule has 56 valence electrons. The van der Waals surface area contributed by atoms with Gasteiger partial charge in [0.2, 0.25) is 0 Å². The molecular weight excluding hydrogens is 114 g/mol. The monoisotopic (exact) mass is 131 g/mol. The second-order valence-electron chi connectivity index (χ2n) is 2.55. The Labute approximate surface area is 57.3 Å². The van der Waals surface area contributed by atoms with Gasteiger partial charge in [-0.15, -0.1) is 0 Å². The Kier molecular flexibility index (Phi) is 4.72. The lowest BCUT2D eigenvalue weighted by atomic mass is 10.0. The van der Waals surface area contributed by atoms with E-state index in [4.69, 9.17) is 5.11 Å². The molecule has 0 bridgehead atoms. The SMILES string of the molecule is CC[C@H](C)CC(O)NC. The van der Waals surface area contributed by atoms with Gasteiger partial charge < -0.3 is 5.11 Å². The number of hydrogen-bond donors (Lipinski definition) is 2. The minimum absolute atomic E-state index is 0.319. The molecule has 2 atom stereocenters. The van der Waals surface area contributed by atoms with Crippen molar-refractivity contribution in [2.75, 3.05) is 7.05 Å². The lowest BCUT2D eigenvalue weighted by molar-refractivity contribution is 0.119. The van der Waals surface area contributed by atoms with Crippen molar-refractivity contribution in [3.63, 3.8) is 0 Å². The third kappa shape index (κ3) is 4.43. The number of aliphatic hydroxyl groups is 1. The summed E-state index contributed by atoms with van der Waals surface area (Å²) in [6.45, 7) is 4.27. The van der Waals surface area contributed by atoms with Gasteiger partial charge in [-0.1, -0.05) is 20.3 Å². The van der Waals surface area contributed by atoms with Gasteiger partial charge in [-0.05, 0) is 19.4 Å². The van der Waals surface area contributed by atoms with E-state index in [-0.39, 0.29) is 6.23 Å². The molecule has 0 aliphatic carbocycles. The lowest BCUT2D eigenvalue weighted by Gasteiger charge is -2.12. The first-order valence-corrected chi connectivity index (χ1v) is 3.56. The van der Waals surface area contributed by atoms with Crippen molar-refractivity contribution in [1.82, 2.24) is 5.32 Å². The quantitative estimate of drug-likeness (QED) is 0.557. The van der Waals surface area contributed by atoms with E-state index in [0.717, 1.165) is 12.8 Å². The molecule has 0 saturated carbocycles. The largest absolute Gasteiger partial charge is 0.379 e. The van der Waals surface area contributed by atoms with Gasteiger partial charge in [0.25, 0.3) is 0 Å². The lowest BCUT2D eigenvalue weighted by Crippen LogP contribution is -2.26. The average Bonchev–Trinajstić information content (AvgIpc) is 1.87. The van der Waals surface area contributed by atoms with Crippen molar-refractivity contribution in [2.45, 2.75) is 32.9 Å². The van der Waals surface area contributed by atoms with E-state index in [2.05, 4.69) is 19.2 Å². The summed E-state index contributed by atoms with van der Waals surface area (Å²) in [5.74, 6) is 0.618. The minimum atomic E-state index is -0.319. The molecular formula is C7H17NO. The minimum Gasteiger partial charge on any atom is -0.379 e. The molecule has 2 nitrogen and oxygen atoms in total. The third-order valence-corrected chi connectivity index (χ3v) is 1.66. The summed E-state index contributed by atoms with van der Waals surface area (Å²) >= 11 is 0. The van der Waals surface area contributed by atoms with Crippen LogP contribution in [-0.4, -0.2) is 18.4 Å². The average molecular weight is 131 g/mol. The van der Waals surface area contributed by atoms with Crippen LogP contribution in [0.3, 0.4) is 0 Å². The summed E-state index contributed by atoms with van der Waals surface area (Å²) in [5, 5.41) is 11.8. The van der Waals surface area contributed by atoms with E-state index in [0.29, 0.717) is 5.92 Å². The first-order valence-electron chi connectivity index (χ1n) is 3.56. The Bertz CT molecular complexity index is 57.9. The molecule has 0 aromatic heterocycles. The van der Waals surface area contributed by atoms with E-state index in [9.17, 15) is 0 Å². The van der Waals surface area contributed by atoms with E-state index in [1.807, 2.05) is 0 Å². The summed E-state index contributed by atoms with van der Waals surface area (Å²) in [5.41, 5.74) is 0.